The van der Waals surface area contributed by atoms with Crippen molar-refractivity contribution in [2.75, 3.05) is 0 Å². The third kappa shape index (κ3) is 2.73. The Morgan fingerprint density at radius 1 is 1.05 bits per heavy atom. The summed E-state index contributed by atoms with van der Waals surface area (Å²) in [6, 6.07) is 15.3. The van der Waals surface area contributed by atoms with Crippen LogP contribution in [0.4, 0.5) is 0 Å². The van der Waals surface area contributed by atoms with Gasteiger partial charge in [0.05, 0.1) is 11.3 Å². The molecule has 3 nitrogen and oxygen atoms in total. The molecule has 0 aliphatic heterocycles. The van der Waals surface area contributed by atoms with Gasteiger partial charge in [0.2, 0.25) is 0 Å². The van der Waals surface area contributed by atoms with E-state index < -0.39 is 0 Å². The molecule has 0 unspecified atom stereocenters. The SMILES string of the molecule is Cc1ccc(-n2cc(C=O)c(-c3ccc(Cl)cc3)n2)cc1. The molecule has 0 saturated heterocycles. The van der Waals surface area contributed by atoms with Crippen LogP contribution in [-0.4, -0.2) is 16.1 Å². The number of carbonyl (C=O) groups is 1. The number of nitrogens with zero attached hydrogens (tertiary/aromatic N) is 2. The van der Waals surface area contributed by atoms with Crippen molar-refractivity contribution in [2.45, 2.75) is 6.92 Å². The lowest BCUT2D eigenvalue weighted by Gasteiger charge is -2.01. The molecule has 0 aliphatic carbocycles. The molecule has 0 spiro atoms. The standard InChI is InChI=1S/C17H13ClN2O/c1-12-2-8-16(9-3-12)20-10-14(11-21)17(19-20)13-4-6-15(18)7-5-13/h2-11H,1H3. The van der Waals surface area contributed by atoms with E-state index in [9.17, 15) is 4.79 Å². The van der Waals surface area contributed by atoms with Gasteiger partial charge in [0, 0.05) is 16.8 Å². The fourth-order valence-corrected chi connectivity index (χ4v) is 2.26. The highest BCUT2D eigenvalue weighted by atomic mass is 35.5. The zero-order chi connectivity index (χ0) is 14.8. The highest BCUT2D eigenvalue weighted by molar-refractivity contribution is 6.30. The number of aryl methyl sites for hydroxylation is 1. The number of carbonyl (C=O) groups excluding carboxylic acids is 1. The van der Waals surface area contributed by atoms with Gasteiger partial charge in [0.15, 0.2) is 6.29 Å². The van der Waals surface area contributed by atoms with Crippen LogP contribution in [0.1, 0.15) is 15.9 Å². The first-order valence-corrected chi connectivity index (χ1v) is 6.93. The Labute approximate surface area is 127 Å². The molecule has 1 aromatic heterocycles. The molecule has 21 heavy (non-hydrogen) atoms. The molecule has 0 fully saturated rings. The molecule has 0 atom stereocenters. The lowest BCUT2D eigenvalue weighted by atomic mass is 10.1. The smallest absolute Gasteiger partial charge is 0.153 e. The highest BCUT2D eigenvalue weighted by Crippen LogP contribution is 2.24. The Morgan fingerprint density at radius 2 is 1.71 bits per heavy atom. The first-order chi connectivity index (χ1) is 10.2. The molecule has 3 aromatic rings. The predicted octanol–water partition coefficient (Wildman–Crippen LogP) is 4.31. The average molecular weight is 297 g/mol. The minimum absolute atomic E-state index is 0.554. The number of aldehydes is 1. The van der Waals surface area contributed by atoms with E-state index >= 15 is 0 Å². The van der Waals surface area contributed by atoms with E-state index in [2.05, 4.69) is 5.10 Å². The van der Waals surface area contributed by atoms with Crippen molar-refractivity contribution in [1.29, 1.82) is 0 Å². The van der Waals surface area contributed by atoms with Crippen molar-refractivity contribution >= 4 is 17.9 Å². The molecular weight excluding hydrogens is 284 g/mol. The molecular formula is C17H13ClN2O. The average Bonchev–Trinajstić information content (AvgIpc) is 2.93. The fraction of sp³-hybridized carbons (Fsp3) is 0.0588. The third-order valence-electron chi connectivity index (χ3n) is 3.29. The monoisotopic (exact) mass is 296 g/mol. The molecule has 0 saturated carbocycles. The van der Waals surface area contributed by atoms with Crippen LogP contribution in [0.3, 0.4) is 0 Å². The Bertz CT molecular complexity index is 774. The Hall–Kier alpha value is -2.39. The summed E-state index contributed by atoms with van der Waals surface area (Å²) in [4.78, 5) is 11.3. The van der Waals surface area contributed by atoms with E-state index in [-0.39, 0.29) is 0 Å². The maximum atomic E-state index is 11.3. The molecule has 1 heterocycles. The Morgan fingerprint density at radius 3 is 2.33 bits per heavy atom. The van der Waals surface area contributed by atoms with E-state index in [1.807, 2.05) is 43.3 Å². The second-order valence-electron chi connectivity index (χ2n) is 4.84. The first-order valence-electron chi connectivity index (χ1n) is 6.55. The van der Waals surface area contributed by atoms with E-state index in [4.69, 9.17) is 11.6 Å². The summed E-state index contributed by atoms with van der Waals surface area (Å²) < 4.78 is 1.72. The van der Waals surface area contributed by atoms with Crippen LogP contribution < -0.4 is 0 Å². The number of hydrogen-bond acceptors (Lipinski definition) is 2. The minimum atomic E-state index is 0.554. The number of hydrogen-bond donors (Lipinski definition) is 0. The molecule has 2 aromatic carbocycles. The normalized spacial score (nSPS) is 10.6. The molecule has 104 valence electrons. The van der Waals surface area contributed by atoms with Crippen molar-refractivity contribution < 1.29 is 4.79 Å². The van der Waals surface area contributed by atoms with Gasteiger partial charge < -0.3 is 0 Å². The van der Waals surface area contributed by atoms with Crippen molar-refractivity contribution in [3.8, 4) is 16.9 Å². The summed E-state index contributed by atoms with van der Waals surface area (Å²) in [5.74, 6) is 0. The van der Waals surface area contributed by atoms with Gasteiger partial charge in [-0.25, -0.2) is 4.68 Å². The third-order valence-corrected chi connectivity index (χ3v) is 3.54. The van der Waals surface area contributed by atoms with E-state index in [0.717, 1.165) is 17.5 Å². The van der Waals surface area contributed by atoms with E-state index in [1.165, 1.54) is 5.56 Å². The van der Waals surface area contributed by atoms with Gasteiger partial charge in [0.25, 0.3) is 0 Å². The number of aromatic nitrogens is 2. The number of rotatable bonds is 3. The van der Waals surface area contributed by atoms with Crippen molar-refractivity contribution in [1.82, 2.24) is 9.78 Å². The second kappa shape index (κ2) is 5.54. The first kappa shape index (κ1) is 13.6. The molecule has 4 heteroatoms. The molecule has 3 rings (SSSR count). The summed E-state index contributed by atoms with van der Waals surface area (Å²) in [6.07, 6.45) is 2.56. The van der Waals surface area contributed by atoms with Crippen LogP contribution in [0.25, 0.3) is 16.9 Å². The lowest BCUT2D eigenvalue weighted by Crippen LogP contribution is -1.94. The molecule has 0 amide bonds. The summed E-state index contributed by atoms with van der Waals surface area (Å²) in [6.45, 7) is 2.03. The Kier molecular flexibility index (Phi) is 3.59. The van der Waals surface area contributed by atoms with Crippen LogP contribution >= 0.6 is 11.6 Å². The lowest BCUT2D eigenvalue weighted by molar-refractivity contribution is 0.112. The van der Waals surface area contributed by atoms with Gasteiger partial charge in [-0.1, -0.05) is 41.4 Å². The number of halogens is 1. The summed E-state index contributed by atoms with van der Waals surface area (Å²) in [5.41, 5.74) is 4.18. The topological polar surface area (TPSA) is 34.9 Å². The fourth-order valence-electron chi connectivity index (χ4n) is 2.14. The molecule has 0 aliphatic rings. The molecule has 0 radical (unpaired) electrons. The summed E-state index contributed by atoms with van der Waals surface area (Å²) >= 11 is 5.89. The van der Waals surface area contributed by atoms with Gasteiger partial charge in [-0.05, 0) is 31.2 Å². The summed E-state index contributed by atoms with van der Waals surface area (Å²) in [5, 5.41) is 5.18. The maximum absolute atomic E-state index is 11.3. The van der Waals surface area contributed by atoms with Crippen molar-refractivity contribution in [2.24, 2.45) is 0 Å². The zero-order valence-corrected chi connectivity index (χ0v) is 12.2. The quantitative estimate of drug-likeness (QED) is 0.675. The largest absolute Gasteiger partial charge is 0.298 e. The van der Waals surface area contributed by atoms with E-state index in [1.54, 1.807) is 23.0 Å². The Balaban J connectivity index is 2.08. The highest BCUT2D eigenvalue weighted by Gasteiger charge is 2.11. The van der Waals surface area contributed by atoms with Crippen molar-refractivity contribution in [3.05, 3.63) is 70.9 Å². The van der Waals surface area contributed by atoms with Gasteiger partial charge in [-0.2, -0.15) is 5.10 Å². The molecule has 0 bridgehead atoms. The van der Waals surface area contributed by atoms with Gasteiger partial charge in [-0.3, -0.25) is 4.79 Å². The van der Waals surface area contributed by atoms with Gasteiger partial charge in [0.1, 0.15) is 5.69 Å². The maximum Gasteiger partial charge on any atom is 0.153 e. The van der Waals surface area contributed by atoms with Crippen LogP contribution in [-0.2, 0) is 0 Å². The van der Waals surface area contributed by atoms with Crippen molar-refractivity contribution in [3.63, 3.8) is 0 Å². The van der Waals surface area contributed by atoms with Gasteiger partial charge in [-0.15, -0.1) is 0 Å². The second-order valence-corrected chi connectivity index (χ2v) is 5.27. The predicted molar refractivity (Wildman–Crippen MR) is 84.1 cm³/mol. The van der Waals surface area contributed by atoms with Crippen LogP contribution in [0.2, 0.25) is 5.02 Å². The van der Waals surface area contributed by atoms with Gasteiger partial charge >= 0.3 is 0 Å². The van der Waals surface area contributed by atoms with Crippen LogP contribution in [0.15, 0.2) is 54.7 Å². The number of benzene rings is 2. The minimum Gasteiger partial charge on any atom is -0.298 e. The molecule has 0 N–H and O–H groups in total. The van der Waals surface area contributed by atoms with Crippen LogP contribution in [0, 0.1) is 6.92 Å². The zero-order valence-electron chi connectivity index (χ0n) is 11.5. The summed E-state index contributed by atoms with van der Waals surface area (Å²) in [7, 11) is 0. The van der Waals surface area contributed by atoms with E-state index in [0.29, 0.717) is 16.3 Å². The van der Waals surface area contributed by atoms with Crippen LogP contribution in [0.5, 0.6) is 0 Å².